The van der Waals surface area contributed by atoms with Crippen molar-refractivity contribution in [3.63, 3.8) is 0 Å². The van der Waals surface area contributed by atoms with Crippen LogP contribution >= 0.6 is 11.3 Å². The zero-order valence-electron chi connectivity index (χ0n) is 12.3. The number of nitrogens with two attached hydrogens (primary N) is 1. The molecule has 0 aliphatic carbocycles. The minimum Gasteiger partial charge on any atom is -0.390 e. The molecule has 0 atom stereocenters. The summed E-state index contributed by atoms with van der Waals surface area (Å²) in [4.78, 5) is 18.4. The van der Waals surface area contributed by atoms with Gasteiger partial charge < -0.3 is 10.6 Å². The van der Waals surface area contributed by atoms with Crippen LogP contribution in [0.3, 0.4) is 0 Å². The molecule has 4 nitrogen and oxygen atoms in total. The minimum absolute atomic E-state index is 0.162. The van der Waals surface area contributed by atoms with Crippen LogP contribution in [0.4, 0.5) is 5.00 Å². The third-order valence-corrected chi connectivity index (χ3v) is 5.50. The zero-order chi connectivity index (χ0) is 14.3. The van der Waals surface area contributed by atoms with Gasteiger partial charge >= 0.3 is 0 Å². The highest BCUT2D eigenvalue weighted by Gasteiger charge is 2.30. The van der Waals surface area contributed by atoms with E-state index >= 15 is 0 Å². The number of fused-ring (bicyclic) bond motifs is 1. The second-order valence-electron chi connectivity index (χ2n) is 6.06. The first kappa shape index (κ1) is 13.9. The minimum atomic E-state index is 0.162. The first-order chi connectivity index (χ1) is 9.58. The number of hydrogen-bond donors (Lipinski definition) is 1. The van der Waals surface area contributed by atoms with Gasteiger partial charge in [-0.3, -0.25) is 9.69 Å². The van der Waals surface area contributed by atoms with E-state index in [1.807, 2.05) is 4.90 Å². The highest BCUT2D eigenvalue weighted by atomic mass is 32.1. The summed E-state index contributed by atoms with van der Waals surface area (Å²) >= 11 is 1.61. The van der Waals surface area contributed by atoms with E-state index in [4.69, 9.17) is 5.73 Å². The van der Waals surface area contributed by atoms with Gasteiger partial charge in [0.05, 0.1) is 10.6 Å². The fraction of sp³-hybridized carbons (Fsp3) is 0.667. The number of rotatable bonds is 2. The van der Waals surface area contributed by atoms with Crippen molar-refractivity contribution in [1.29, 1.82) is 0 Å². The van der Waals surface area contributed by atoms with Gasteiger partial charge in [-0.1, -0.05) is 0 Å². The SMILES string of the molecule is CC(C)N1CCc2c(sc(N)c2C(=O)N2CCCC2)C1. The van der Waals surface area contributed by atoms with Crippen LogP contribution in [-0.2, 0) is 13.0 Å². The molecule has 1 amide bonds. The quantitative estimate of drug-likeness (QED) is 0.910. The lowest BCUT2D eigenvalue weighted by molar-refractivity contribution is 0.0792. The van der Waals surface area contributed by atoms with E-state index in [1.165, 1.54) is 10.4 Å². The van der Waals surface area contributed by atoms with Crippen molar-refractivity contribution in [2.75, 3.05) is 25.4 Å². The lowest BCUT2D eigenvalue weighted by Gasteiger charge is -2.30. The van der Waals surface area contributed by atoms with E-state index in [1.54, 1.807) is 11.3 Å². The van der Waals surface area contributed by atoms with Crippen LogP contribution in [0.5, 0.6) is 0 Å². The van der Waals surface area contributed by atoms with Gasteiger partial charge in [0.1, 0.15) is 0 Å². The van der Waals surface area contributed by atoms with Gasteiger partial charge in [0.15, 0.2) is 0 Å². The van der Waals surface area contributed by atoms with E-state index < -0.39 is 0 Å². The normalized spacial score (nSPS) is 19.6. The molecule has 0 aromatic carbocycles. The second-order valence-corrected chi connectivity index (χ2v) is 7.19. The Balaban J connectivity index is 1.88. The largest absolute Gasteiger partial charge is 0.390 e. The molecule has 2 aliphatic rings. The van der Waals surface area contributed by atoms with E-state index in [-0.39, 0.29) is 5.91 Å². The maximum atomic E-state index is 12.7. The Bertz CT molecular complexity index is 517. The molecule has 3 rings (SSSR count). The van der Waals surface area contributed by atoms with Crippen molar-refractivity contribution in [2.24, 2.45) is 0 Å². The summed E-state index contributed by atoms with van der Waals surface area (Å²) in [6, 6.07) is 0.546. The lowest BCUT2D eigenvalue weighted by Crippen LogP contribution is -2.36. The number of likely N-dealkylation sites (tertiary alicyclic amines) is 1. The summed E-state index contributed by atoms with van der Waals surface area (Å²) in [7, 11) is 0. The van der Waals surface area contributed by atoms with E-state index in [0.717, 1.165) is 56.0 Å². The first-order valence-electron chi connectivity index (χ1n) is 7.51. The molecule has 0 unspecified atom stereocenters. The Hall–Kier alpha value is -1.07. The molecule has 20 heavy (non-hydrogen) atoms. The summed E-state index contributed by atoms with van der Waals surface area (Å²) in [5.41, 5.74) is 8.20. The summed E-state index contributed by atoms with van der Waals surface area (Å²) in [6.07, 6.45) is 3.20. The lowest BCUT2D eigenvalue weighted by atomic mass is 10.0. The molecule has 2 N–H and O–H groups in total. The maximum Gasteiger partial charge on any atom is 0.257 e. The van der Waals surface area contributed by atoms with Crippen LogP contribution in [0.1, 0.15) is 47.5 Å². The maximum absolute atomic E-state index is 12.7. The molecule has 0 bridgehead atoms. The zero-order valence-corrected chi connectivity index (χ0v) is 13.1. The molecule has 2 aliphatic heterocycles. The van der Waals surface area contributed by atoms with Crippen molar-refractivity contribution in [2.45, 2.75) is 45.7 Å². The van der Waals surface area contributed by atoms with Crippen molar-refractivity contribution >= 4 is 22.2 Å². The summed E-state index contributed by atoms with van der Waals surface area (Å²) in [6.45, 7) is 8.19. The standard InChI is InChI=1S/C15H23N3OS/c1-10(2)18-8-5-11-12(9-18)20-14(16)13(11)15(19)17-6-3-4-7-17/h10H,3-9,16H2,1-2H3. The Morgan fingerprint density at radius 3 is 2.60 bits per heavy atom. The van der Waals surface area contributed by atoms with E-state index in [9.17, 15) is 4.79 Å². The van der Waals surface area contributed by atoms with Crippen molar-refractivity contribution in [1.82, 2.24) is 9.80 Å². The molecule has 0 radical (unpaired) electrons. The van der Waals surface area contributed by atoms with Crippen LogP contribution in [0.15, 0.2) is 0 Å². The number of nitrogens with zero attached hydrogens (tertiary/aromatic N) is 2. The average Bonchev–Trinajstić information content (AvgIpc) is 3.03. The third kappa shape index (κ3) is 2.33. The summed E-state index contributed by atoms with van der Waals surface area (Å²) < 4.78 is 0. The highest BCUT2D eigenvalue weighted by Crippen LogP contribution is 2.36. The van der Waals surface area contributed by atoms with Crippen LogP contribution < -0.4 is 5.73 Å². The first-order valence-corrected chi connectivity index (χ1v) is 8.33. The molecule has 0 saturated carbocycles. The molecule has 1 aromatic rings. The van der Waals surface area contributed by atoms with Crippen LogP contribution in [0.25, 0.3) is 0 Å². The molecule has 0 spiro atoms. The van der Waals surface area contributed by atoms with Crippen molar-refractivity contribution in [3.05, 3.63) is 16.0 Å². The molecule has 3 heterocycles. The number of carbonyl (C=O) groups excluding carboxylic acids is 1. The van der Waals surface area contributed by atoms with Gasteiger partial charge in [-0.15, -0.1) is 11.3 Å². The van der Waals surface area contributed by atoms with Crippen LogP contribution in [-0.4, -0.2) is 41.4 Å². The van der Waals surface area contributed by atoms with Gasteiger partial charge in [-0.2, -0.15) is 0 Å². The smallest absolute Gasteiger partial charge is 0.257 e. The Kier molecular flexibility index (Phi) is 3.73. The van der Waals surface area contributed by atoms with Crippen LogP contribution in [0.2, 0.25) is 0 Å². The van der Waals surface area contributed by atoms with Gasteiger partial charge in [-0.25, -0.2) is 0 Å². The van der Waals surface area contributed by atoms with Gasteiger partial charge in [0.25, 0.3) is 5.91 Å². The molecular weight excluding hydrogens is 270 g/mol. The third-order valence-electron chi connectivity index (χ3n) is 4.45. The van der Waals surface area contributed by atoms with E-state index in [2.05, 4.69) is 18.7 Å². The van der Waals surface area contributed by atoms with E-state index in [0.29, 0.717) is 6.04 Å². The molecule has 1 fully saturated rings. The average molecular weight is 293 g/mol. The molecular formula is C15H23N3OS. The fourth-order valence-corrected chi connectivity index (χ4v) is 4.33. The second kappa shape index (κ2) is 5.37. The number of thiophene rings is 1. The molecule has 1 saturated heterocycles. The van der Waals surface area contributed by atoms with Gasteiger partial charge in [0.2, 0.25) is 0 Å². The fourth-order valence-electron chi connectivity index (χ4n) is 3.20. The Morgan fingerprint density at radius 2 is 1.95 bits per heavy atom. The van der Waals surface area contributed by atoms with Crippen molar-refractivity contribution < 1.29 is 4.79 Å². The van der Waals surface area contributed by atoms with Gasteiger partial charge in [0, 0.05) is 37.1 Å². The Morgan fingerprint density at radius 1 is 1.25 bits per heavy atom. The molecule has 110 valence electrons. The predicted molar refractivity (Wildman–Crippen MR) is 83.1 cm³/mol. The summed E-state index contributed by atoms with van der Waals surface area (Å²) in [5, 5.41) is 0.720. The highest BCUT2D eigenvalue weighted by molar-refractivity contribution is 7.16. The topological polar surface area (TPSA) is 49.6 Å². The molecule has 5 heteroatoms. The Labute approximate surface area is 124 Å². The monoisotopic (exact) mass is 293 g/mol. The van der Waals surface area contributed by atoms with Gasteiger partial charge in [-0.05, 0) is 38.7 Å². The number of nitrogen functional groups attached to an aromatic ring is 1. The number of carbonyl (C=O) groups is 1. The number of amides is 1. The number of anilines is 1. The number of hydrogen-bond acceptors (Lipinski definition) is 4. The van der Waals surface area contributed by atoms with Crippen LogP contribution in [0, 0.1) is 0 Å². The van der Waals surface area contributed by atoms with Crippen molar-refractivity contribution in [3.8, 4) is 0 Å². The predicted octanol–water partition coefficient (Wildman–Crippen LogP) is 2.33. The molecule has 1 aromatic heterocycles. The summed E-state index contributed by atoms with van der Waals surface area (Å²) in [5.74, 6) is 0.162.